The third-order valence-electron chi connectivity index (χ3n) is 1.43. The number of nitrogens with one attached hydrogen (secondary N) is 1. The molecule has 0 aliphatic carbocycles. The van der Waals surface area contributed by atoms with Crippen LogP contribution in [0.15, 0.2) is 5.38 Å². The molecule has 0 atom stereocenters. The van der Waals surface area contributed by atoms with Gasteiger partial charge in [0, 0.05) is 19.0 Å². The van der Waals surface area contributed by atoms with Crippen molar-refractivity contribution in [3.05, 3.63) is 10.5 Å². The summed E-state index contributed by atoms with van der Waals surface area (Å²) in [5.74, 6) is 0. The van der Waals surface area contributed by atoms with E-state index in [4.69, 9.17) is 21.1 Å². The zero-order valence-electron chi connectivity index (χ0n) is 7.96. The molecule has 0 aromatic carbocycles. The number of halogens is 1. The standard InChI is InChI=1S/C8H13ClN2O2S/c1-12-4-5-13-3-2-10-8-11-7(9)6-14-8/h6H,2-5H2,1H3,(H,10,11). The summed E-state index contributed by atoms with van der Waals surface area (Å²) in [7, 11) is 1.65. The molecule has 80 valence electrons. The van der Waals surface area contributed by atoms with Crippen LogP contribution in [0.25, 0.3) is 0 Å². The Kier molecular flexibility index (Phi) is 5.86. The van der Waals surface area contributed by atoms with Crippen LogP contribution in [0.3, 0.4) is 0 Å². The molecule has 1 rings (SSSR count). The number of hydrogen-bond acceptors (Lipinski definition) is 5. The van der Waals surface area contributed by atoms with E-state index in [0.29, 0.717) is 25.0 Å². The fourth-order valence-corrected chi connectivity index (χ4v) is 1.68. The minimum Gasteiger partial charge on any atom is -0.382 e. The lowest BCUT2D eigenvalue weighted by atomic mass is 10.7. The first-order valence-electron chi connectivity index (χ1n) is 4.24. The molecule has 1 N–H and O–H groups in total. The van der Waals surface area contributed by atoms with Crippen molar-refractivity contribution in [3.8, 4) is 0 Å². The number of anilines is 1. The lowest BCUT2D eigenvalue weighted by molar-refractivity contribution is 0.0759. The number of rotatable bonds is 7. The Morgan fingerprint density at radius 2 is 2.36 bits per heavy atom. The number of hydrogen-bond donors (Lipinski definition) is 1. The molecule has 1 aromatic heterocycles. The Morgan fingerprint density at radius 3 is 3.00 bits per heavy atom. The predicted molar refractivity (Wildman–Crippen MR) is 58.3 cm³/mol. The number of aromatic nitrogens is 1. The van der Waals surface area contributed by atoms with E-state index in [1.54, 1.807) is 12.5 Å². The van der Waals surface area contributed by atoms with Crippen LogP contribution in [0.4, 0.5) is 5.13 Å². The summed E-state index contributed by atoms with van der Waals surface area (Å²) >= 11 is 7.14. The van der Waals surface area contributed by atoms with E-state index >= 15 is 0 Å². The van der Waals surface area contributed by atoms with E-state index < -0.39 is 0 Å². The maximum absolute atomic E-state index is 5.65. The monoisotopic (exact) mass is 236 g/mol. The summed E-state index contributed by atoms with van der Waals surface area (Å²) in [6.07, 6.45) is 0. The van der Waals surface area contributed by atoms with Gasteiger partial charge in [0.15, 0.2) is 5.13 Å². The zero-order valence-corrected chi connectivity index (χ0v) is 9.53. The molecule has 14 heavy (non-hydrogen) atoms. The first kappa shape index (κ1) is 11.7. The van der Waals surface area contributed by atoms with E-state index in [0.717, 1.165) is 11.7 Å². The topological polar surface area (TPSA) is 43.4 Å². The Balaban J connectivity index is 1.99. The highest BCUT2D eigenvalue weighted by Gasteiger charge is 1.97. The molecule has 0 fully saturated rings. The van der Waals surface area contributed by atoms with Crippen molar-refractivity contribution in [1.82, 2.24) is 4.98 Å². The molecule has 0 aliphatic heterocycles. The van der Waals surface area contributed by atoms with Crippen molar-refractivity contribution in [2.24, 2.45) is 0 Å². The molecule has 0 saturated carbocycles. The minimum absolute atomic E-state index is 0.526. The molecule has 0 saturated heterocycles. The number of methoxy groups -OCH3 is 1. The Labute approximate surface area is 92.2 Å². The molecule has 1 aromatic rings. The average Bonchev–Trinajstić information content (AvgIpc) is 2.58. The lowest BCUT2D eigenvalue weighted by Crippen LogP contribution is -2.11. The van der Waals surface area contributed by atoms with Gasteiger partial charge in [-0.1, -0.05) is 11.6 Å². The summed E-state index contributed by atoms with van der Waals surface area (Å²) in [5, 5.41) is 6.24. The van der Waals surface area contributed by atoms with E-state index in [1.165, 1.54) is 11.3 Å². The first-order chi connectivity index (χ1) is 6.83. The van der Waals surface area contributed by atoms with Gasteiger partial charge in [-0.3, -0.25) is 0 Å². The molecule has 0 unspecified atom stereocenters. The minimum atomic E-state index is 0.526. The maximum atomic E-state index is 5.65. The summed E-state index contributed by atoms with van der Waals surface area (Å²) in [4.78, 5) is 4.04. The zero-order chi connectivity index (χ0) is 10.2. The third kappa shape index (κ3) is 4.76. The summed E-state index contributed by atoms with van der Waals surface area (Å²) in [6, 6.07) is 0. The van der Waals surface area contributed by atoms with E-state index in [-0.39, 0.29) is 0 Å². The first-order valence-corrected chi connectivity index (χ1v) is 5.50. The summed E-state index contributed by atoms with van der Waals surface area (Å²) in [6.45, 7) is 2.62. The van der Waals surface area contributed by atoms with Crippen LogP contribution >= 0.6 is 22.9 Å². The van der Waals surface area contributed by atoms with Crippen molar-refractivity contribution < 1.29 is 9.47 Å². The molecule has 1 heterocycles. The van der Waals surface area contributed by atoms with Crippen molar-refractivity contribution >= 4 is 28.1 Å². The Hall–Kier alpha value is -0.360. The van der Waals surface area contributed by atoms with E-state index in [9.17, 15) is 0 Å². The van der Waals surface area contributed by atoms with Gasteiger partial charge in [0.1, 0.15) is 5.15 Å². The number of nitrogens with zero attached hydrogens (tertiary/aromatic N) is 1. The lowest BCUT2D eigenvalue weighted by Gasteiger charge is -2.03. The summed E-state index contributed by atoms with van der Waals surface area (Å²) in [5.41, 5.74) is 0. The van der Waals surface area contributed by atoms with Crippen LogP contribution in [0.5, 0.6) is 0 Å². The van der Waals surface area contributed by atoms with Gasteiger partial charge in [-0.15, -0.1) is 11.3 Å². The highest BCUT2D eigenvalue weighted by Crippen LogP contribution is 2.18. The van der Waals surface area contributed by atoms with E-state index in [2.05, 4.69) is 10.3 Å². The highest BCUT2D eigenvalue weighted by molar-refractivity contribution is 7.14. The average molecular weight is 237 g/mol. The van der Waals surface area contributed by atoms with Gasteiger partial charge < -0.3 is 14.8 Å². The molecule has 4 nitrogen and oxygen atoms in total. The molecule has 0 spiro atoms. The molecular weight excluding hydrogens is 224 g/mol. The fraction of sp³-hybridized carbons (Fsp3) is 0.625. The Morgan fingerprint density at radius 1 is 1.50 bits per heavy atom. The number of ether oxygens (including phenoxy) is 2. The SMILES string of the molecule is COCCOCCNc1nc(Cl)cs1. The van der Waals surface area contributed by atoms with Crippen LogP contribution in [-0.2, 0) is 9.47 Å². The maximum Gasteiger partial charge on any atom is 0.184 e. The van der Waals surface area contributed by atoms with Crippen LogP contribution < -0.4 is 5.32 Å². The van der Waals surface area contributed by atoms with Crippen molar-refractivity contribution in [1.29, 1.82) is 0 Å². The fourth-order valence-electron chi connectivity index (χ4n) is 0.810. The Bertz CT molecular complexity index is 257. The molecular formula is C8H13ClN2O2S. The second-order valence-corrected chi connectivity index (χ2v) is 3.75. The van der Waals surface area contributed by atoms with Crippen molar-refractivity contribution in [2.75, 3.05) is 38.8 Å². The molecule has 0 amide bonds. The third-order valence-corrected chi connectivity index (χ3v) is 2.55. The van der Waals surface area contributed by atoms with Gasteiger partial charge in [-0.05, 0) is 0 Å². The van der Waals surface area contributed by atoms with Gasteiger partial charge in [-0.2, -0.15) is 0 Å². The number of thiazole rings is 1. The van der Waals surface area contributed by atoms with Gasteiger partial charge >= 0.3 is 0 Å². The quantitative estimate of drug-likeness (QED) is 0.734. The van der Waals surface area contributed by atoms with Gasteiger partial charge in [0.25, 0.3) is 0 Å². The summed E-state index contributed by atoms with van der Waals surface area (Å²) < 4.78 is 10.1. The van der Waals surface area contributed by atoms with Crippen molar-refractivity contribution in [2.45, 2.75) is 0 Å². The van der Waals surface area contributed by atoms with Crippen LogP contribution in [0, 0.1) is 0 Å². The molecule has 6 heteroatoms. The highest BCUT2D eigenvalue weighted by atomic mass is 35.5. The molecule has 0 radical (unpaired) electrons. The normalized spacial score (nSPS) is 10.4. The van der Waals surface area contributed by atoms with Crippen molar-refractivity contribution in [3.63, 3.8) is 0 Å². The molecule has 0 bridgehead atoms. The molecule has 0 aliphatic rings. The second-order valence-electron chi connectivity index (χ2n) is 2.51. The van der Waals surface area contributed by atoms with Gasteiger partial charge in [0.05, 0.1) is 19.8 Å². The van der Waals surface area contributed by atoms with Crippen LogP contribution in [0.2, 0.25) is 5.15 Å². The van der Waals surface area contributed by atoms with Gasteiger partial charge in [-0.25, -0.2) is 4.98 Å². The predicted octanol–water partition coefficient (Wildman–Crippen LogP) is 1.87. The van der Waals surface area contributed by atoms with Crippen LogP contribution in [-0.4, -0.2) is 38.5 Å². The van der Waals surface area contributed by atoms with E-state index in [1.807, 2.05) is 0 Å². The largest absolute Gasteiger partial charge is 0.382 e. The van der Waals surface area contributed by atoms with Crippen LogP contribution in [0.1, 0.15) is 0 Å². The van der Waals surface area contributed by atoms with Gasteiger partial charge in [0.2, 0.25) is 0 Å². The second kappa shape index (κ2) is 7.00. The smallest absolute Gasteiger partial charge is 0.184 e.